The predicted octanol–water partition coefficient (Wildman–Crippen LogP) is 4.00. The third-order valence-corrected chi connectivity index (χ3v) is 5.50. The van der Waals surface area contributed by atoms with Crippen LogP contribution >= 0.6 is 11.8 Å². The molecular formula is C21H22N8S. The maximum Gasteiger partial charge on any atom is 0.232 e. The molecule has 0 saturated carbocycles. The van der Waals surface area contributed by atoms with Crippen molar-refractivity contribution in [2.75, 3.05) is 11.1 Å². The maximum absolute atomic E-state index is 5.92. The highest BCUT2D eigenvalue weighted by atomic mass is 32.2. The van der Waals surface area contributed by atoms with Gasteiger partial charge in [0, 0.05) is 5.69 Å². The second-order valence-corrected chi connectivity index (χ2v) is 7.76. The zero-order valence-corrected chi connectivity index (χ0v) is 17.8. The number of hydrogen-bond acceptors (Lipinski definition) is 8. The molecule has 2 heterocycles. The monoisotopic (exact) mass is 418 g/mol. The standard InChI is InChI=1S/C21H22N8S/c1-13-8-4-6-10-16(13)23-20-25-18(24-19(22)26-20)12-30-21-28-27-15(3)29(21)17-11-7-5-9-14(17)2/h4-11H,12H2,1-3H3,(H3,22,23,24,25,26). The predicted molar refractivity (Wildman–Crippen MR) is 119 cm³/mol. The smallest absolute Gasteiger partial charge is 0.232 e. The third-order valence-electron chi connectivity index (χ3n) is 4.57. The van der Waals surface area contributed by atoms with Crippen molar-refractivity contribution < 1.29 is 0 Å². The lowest BCUT2D eigenvalue weighted by atomic mass is 10.2. The molecule has 0 amide bonds. The van der Waals surface area contributed by atoms with Crippen molar-refractivity contribution in [1.29, 1.82) is 0 Å². The van der Waals surface area contributed by atoms with Crippen LogP contribution in [0.4, 0.5) is 17.6 Å². The molecule has 0 atom stereocenters. The SMILES string of the molecule is Cc1ccccc1Nc1nc(N)nc(CSc2nnc(C)n2-c2ccccc2C)n1. The molecule has 152 valence electrons. The van der Waals surface area contributed by atoms with E-state index in [4.69, 9.17) is 5.73 Å². The van der Waals surface area contributed by atoms with Crippen LogP contribution in [0.2, 0.25) is 0 Å². The molecule has 30 heavy (non-hydrogen) atoms. The topological polar surface area (TPSA) is 107 Å². The molecule has 0 aliphatic rings. The molecule has 0 fully saturated rings. The molecule has 0 aliphatic carbocycles. The van der Waals surface area contributed by atoms with Crippen molar-refractivity contribution in [1.82, 2.24) is 29.7 Å². The van der Waals surface area contributed by atoms with Crippen molar-refractivity contribution in [2.45, 2.75) is 31.7 Å². The first kappa shape index (κ1) is 19.8. The van der Waals surface area contributed by atoms with Crippen molar-refractivity contribution in [2.24, 2.45) is 0 Å². The van der Waals surface area contributed by atoms with Gasteiger partial charge in [-0.05, 0) is 44.0 Å². The Balaban J connectivity index is 1.56. The van der Waals surface area contributed by atoms with Crippen LogP contribution in [0.3, 0.4) is 0 Å². The van der Waals surface area contributed by atoms with E-state index >= 15 is 0 Å². The van der Waals surface area contributed by atoms with Gasteiger partial charge in [-0.1, -0.05) is 48.2 Å². The molecule has 4 rings (SSSR count). The van der Waals surface area contributed by atoms with Crippen LogP contribution in [0.5, 0.6) is 0 Å². The first-order chi connectivity index (χ1) is 14.5. The Kier molecular flexibility index (Phi) is 5.62. The fraction of sp³-hybridized carbons (Fsp3) is 0.190. The number of nitrogens with one attached hydrogen (secondary N) is 1. The molecule has 0 bridgehead atoms. The summed E-state index contributed by atoms with van der Waals surface area (Å²) in [6.07, 6.45) is 0. The molecule has 2 aromatic heterocycles. The molecule has 0 radical (unpaired) electrons. The quantitative estimate of drug-likeness (QED) is 0.453. The number of aromatic nitrogens is 6. The maximum atomic E-state index is 5.92. The molecule has 2 aromatic carbocycles. The molecular weight excluding hydrogens is 396 g/mol. The lowest BCUT2D eigenvalue weighted by Gasteiger charge is -2.11. The normalized spacial score (nSPS) is 10.9. The van der Waals surface area contributed by atoms with Crippen LogP contribution in [0.25, 0.3) is 5.69 Å². The Morgan fingerprint density at radius 2 is 1.63 bits per heavy atom. The van der Waals surface area contributed by atoms with Gasteiger partial charge >= 0.3 is 0 Å². The van der Waals surface area contributed by atoms with Gasteiger partial charge in [-0.25, -0.2) is 0 Å². The lowest BCUT2D eigenvalue weighted by molar-refractivity contribution is 0.859. The van der Waals surface area contributed by atoms with Gasteiger partial charge in [0.1, 0.15) is 11.6 Å². The van der Waals surface area contributed by atoms with Crippen LogP contribution in [-0.2, 0) is 5.75 Å². The summed E-state index contributed by atoms with van der Waals surface area (Å²) in [5.74, 6) is 2.47. The minimum atomic E-state index is 0.174. The molecule has 4 aromatic rings. The Bertz CT molecular complexity index is 1190. The Morgan fingerprint density at radius 1 is 0.900 bits per heavy atom. The van der Waals surface area contributed by atoms with Crippen molar-refractivity contribution in [3.05, 3.63) is 71.3 Å². The van der Waals surface area contributed by atoms with E-state index < -0.39 is 0 Å². The summed E-state index contributed by atoms with van der Waals surface area (Å²) in [6.45, 7) is 6.03. The summed E-state index contributed by atoms with van der Waals surface area (Å²) >= 11 is 1.50. The fourth-order valence-corrected chi connectivity index (χ4v) is 3.89. The van der Waals surface area contributed by atoms with E-state index in [0.717, 1.165) is 33.5 Å². The second kappa shape index (κ2) is 8.50. The molecule has 9 heteroatoms. The Labute approximate surface area is 179 Å². The minimum absolute atomic E-state index is 0.174. The molecule has 0 unspecified atom stereocenters. The van der Waals surface area contributed by atoms with E-state index in [9.17, 15) is 0 Å². The number of nitrogens with two attached hydrogens (primary N) is 1. The van der Waals surface area contributed by atoms with Crippen LogP contribution in [0.15, 0.2) is 53.7 Å². The van der Waals surface area contributed by atoms with E-state index in [1.54, 1.807) is 0 Å². The molecule has 0 spiro atoms. The van der Waals surface area contributed by atoms with Crippen molar-refractivity contribution >= 4 is 29.3 Å². The summed E-state index contributed by atoms with van der Waals surface area (Å²) in [7, 11) is 0. The summed E-state index contributed by atoms with van der Waals surface area (Å²) in [5, 5.41) is 12.6. The van der Waals surface area contributed by atoms with Gasteiger partial charge in [-0.2, -0.15) is 15.0 Å². The van der Waals surface area contributed by atoms with Gasteiger partial charge in [-0.3, -0.25) is 4.57 Å². The number of aryl methyl sites for hydroxylation is 3. The van der Waals surface area contributed by atoms with Gasteiger partial charge < -0.3 is 11.1 Å². The number of hydrogen-bond donors (Lipinski definition) is 2. The van der Waals surface area contributed by atoms with Crippen molar-refractivity contribution in [3.63, 3.8) is 0 Å². The van der Waals surface area contributed by atoms with E-state index in [1.165, 1.54) is 11.8 Å². The molecule has 0 saturated heterocycles. The average Bonchev–Trinajstić information content (AvgIpc) is 3.08. The Hall–Kier alpha value is -3.46. The summed E-state index contributed by atoms with van der Waals surface area (Å²) in [5.41, 5.74) is 10.1. The molecule has 3 N–H and O–H groups in total. The third kappa shape index (κ3) is 4.25. The van der Waals surface area contributed by atoms with Crippen LogP contribution < -0.4 is 11.1 Å². The summed E-state index contributed by atoms with van der Waals surface area (Å²) in [6, 6.07) is 16.1. The first-order valence-corrected chi connectivity index (χ1v) is 10.4. The summed E-state index contributed by atoms with van der Waals surface area (Å²) in [4.78, 5) is 13.0. The number of para-hydroxylation sites is 2. The number of benzene rings is 2. The number of thioether (sulfide) groups is 1. The average molecular weight is 419 g/mol. The second-order valence-electron chi connectivity index (χ2n) is 6.81. The van der Waals surface area contributed by atoms with Crippen molar-refractivity contribution in [3.8, 4) is 5.69 Å². The number of nitrogens with zero attached hydrogens (tertiary/aromatic N) is 6. The number of nitrogen functional groups attached to an aromatic ring is 1. The largest absolute Gasteiger partial charge is 0.368 e. The molecule has 0 aliphatic heterocycles. The van der Waals surface area contributed by atoms with Crippen LogP contribution in [0.1, 0.15) is 22.8 Å². The number of anilines is 3. The zero-order chi connectivity index (χ0) is 21.1. The molecule has 8 nitrogen and oxygen atoms in total. The van der Waals surface area contributed by atoms with E-state index in [-0.39, 0.29) is 5.95 Å². The van der Waals surface area contributed by atoms with Gasteiger partial charge in [0.05, 0.1) is 11.4 Å². The highest BCUT2D eigenvalue weighted by Gasteiger charge is 2.14. The van der Waals surface area contributed by atoms with Gasteiger partial charge in [-0.15, -0.1) is 10.2 Å². The Morgan fingerprint density at radius 3 is 2.40 bits per heavy atom. The van der Waals surface area contributed by atoms with Gasteiger partial charge in [0.15, 0.2) is 5.16 Å². The van der Waals surface area contributed by atoms with E-state index in [2.05, 4.69) is 49.5 Å². The van der Waals surface area contributed by atoms with Gasteiger partial charge in [0.2, 0.25) is 11.9 Å². The lowest BCUT2D eigenvalue weighted by Crippen LogP contribution is -2.07. The number of rotatable bonds is 6. The summed E-state index contributed by atoms with van der Waals surface area (Å²) < 4.78 is 2.04. The zero-order valence-electron chi connectivity index (χ0n) is 17.0. The van der Waals surface area contributed by atoms with Crippen LogP contribution in [-0.4, -0.2) is 29.7 Å². The van der Waals surface area contributed by atoms with E-state index in [0.29, 0.717) is 17.5 Å². The van der Waals surface area contributed by atoms with Crippen LogP contribution in [0, 0.1) is 20.8 Å². The fourth-order valence-electron chi connectivity index (χ4n) is 3.05. The highest BCUT2D eigenvalue weighted by molar-refractivity contribution is 7.98. The first-order valence-electron chi connectivity index (χ1n) is 9.45. The van der Waals surface area contributed by atoms with Gasteiger partial charge in [0.25, 0.3) is 0 Å². The minimum Gasteiger partial charge on any atom is -0.368 e. The van der Waals surface area contributed by atoms with E-state index in [1.807, 2.05) is 54.8 Å². The highest BCUT2D eigenvalue weighted by Crippen LogP contribution is 2.26.